The number of amides is 2. The summed E-state index contributed by atoms with van der Waals surface area (Å²) in [6, 6.07) is 20.5. The smallest absolute Gasteiger partial charge is 0.412 e. The van der Waals surface area contributed by atoms with E-state index in [1.807, 2.05) is 6.92 Å². The first-order valence-corrected chi connectivity index (χ1v) is 13.7. The zero-order valence-electron chi connectivity index (χ0n) is 23.7. The van der Waals surface area contributed by atoms with E-state index in [0.29, 0.717) is 53.4 Å². The second kappa shape index (κ2) is 16.6. The second-order valence-corrected chi connectivity index (χ2v) is 9.24. The van der Waals surface area contributed by atoms with E-state index in [1.54, 1.807) is 78.9 Å². The number of carbonyl (C=O) groups excluding carboxylic acids is 3. The average Bonchev–Trinajstić information content (AvgIpc) is 2.98. The highest BCUT2D eigenvalue weighted by molar-refractivity contribution is 6.01. The van der Waals surface area contributed by atoms with Crippen molar-refractivity contribution in [2.45, 2.75) is 38.9 Å². The summed E-state index contributed by atoms with van der Waals surface area (Å²) in [6.07, 6.45) is 1.76. The first kappa shape index (κ1) is 31.9. The Balaban J connectivity index is 1.77. The van der Waals surface area contributed by atoms with Crippen molar-refractivity contribution in [2.24, 2.45) is 0 Å². The number of anilines is 3. The third kappa shape index (κ3) is 9.76. The van der Waals surface area contributed by atoms with E-state index in [0.717, 1.165) is 0 Å². The number of hydrogen-bond acceptors (Lipinski definition) is 8. The Kier molecular flexibility index (Phi) is 12.6. The Labute approximate surface area is 245 Å². The second-order valence-electron chi connectivity index (χ2n) is 9.24. The summed E-state index contributed by atoms with van der Waals surface area (Å²) in [7, 11) is 0. The third-order valence-electron chi connectivity index (χ3n) is 6.17. The molecule has 3 aromatic rings. The van der Waals surface area contributed by atoms with Crippen LogP contribution >= 0.6 is 0 Å². The number of Topliss-reactive ketones (excluding diaryl/α,β-unsaturated/α-hetero) is 1. The van der Waals surface area contributed by atoms with Crippen LogP contribution in [-0.2, 0) is 14.3 Å². The molecule has 0 saturated heterocycles. The van der Waals surface area contributed by atoms with Gasteiger partial charge in [-0.3, -0.25) is 14.9 Å². The van der Waals surface area contributed by atoms with Gasteiger partial charge in [-0.15, -0.1) is 0 Å². The van der Waals surface area contributed by atoms with Gasteiger partial charge in [-0.25, -0.2) is 4.79 Å². The molecule has 10 nitrogen and oxygen atoms in total. The lowest BCUT2D eigenvalue weighted by molar-refractivity contribution is -0.111. The van der Waals surface area contributed by atoms with E-state index in [-0.39, 0.29) is 24.9 Å². The number of benzene rings is 3. The van der Waals surface area contributed by atoms with Crippen LogP contribution in [0.15, 0.2) is 84.9 Å². The molecule has 222 valence electrons. The van der Waals surface area contributed by atoms with E-state index >= 15 is 0 Å². The van der Waals surface area contributed by atoms with Crippen molar-refractivity contribution in [3.8, 4) is 5.75 Å². The van der Waals surface area contributed by atoms with Crippen LogP contribution in [0.3, 0.4) is 0 Å². The number of allylic oxidation sites excluding steroid dienone is 1. The predicted octanol–water partition coefficient (Wildman–Crippen LogP) is 5.51. The zero-order valence-corrected chi connectivity index (χ0v) is 23.7. The molecule has 3 rings (SSSR count). The number of aliphatic hydroxyl groups excluding tert-OH is 1. The van der Waals surface area contributed by atoms with Gasteiger partial charge in [0.1, 0.15) is 12.4 Å². The van der Waals surface area contributed by atoms with Gasteiger partial charge in [0, 0.05) is 23.4 Å². The highest BCUT2D eigenvalue weighted by Crippen LogP contribution is 2.34. The number of carbonyl (C=O) groups is 3. The average molecular weight is 576 g/mol. The lowest BCUT2D eigenvalue weighted by Gasteiger charge is -2.28. The minimum Gasteiger partial charge on any atom is -0.491 e. The van der Waals surface area contributed by atoms with E-state index < -0.39 is 18.3 Å². The van der Waals surface area contributed by atoms with Crippen LogP contribution in [0.5, 0.6) is 5.75 Å². The maximum Gasteiger partial charge on any atom is 0.412 e. The van der Waals surface area contributed by atoms with Crippen molar-refractivity contribution in [1.29, 1.82) is 0 Å². The molecule has 0 aliphatic carbocycles. The summed E-state index contributed by atoms with van der Waals surface area (Å²) in [4.78, 5) is 37.0. The van der Waals surface area contributed by atoms with E-state index in [2.05, 4.69) is 10.6 Å². The standard InChI is InChI=1S/C32H37N3O7/c1-3-40-29(14-8-9-15-30(38)35-27-12-6-5-11-26(27)33)31(25-10-4-7-13-28(25)41-21-20-36)42-32(39)34-24-18-16-23(17-19-24)22(2)37/h4-7,9-13,15-19,29,31,36H,3,8,14,20-21,33H2,1-2H3,(H,34,39)(H,35,38)/b15-9+/t29-,31-/m1/s1. The molecule has 42 heavy (non-hydrogen) atoms. The van der Waals surface area contributed by atoms with Gasteiger partial charge in [0.2, 0.25) is 5.91 Å². The number of nitrogens with two attached hydrogens (primary N) is 1. The number of ether oxygens (including phenoxy) is 3. The van der Waals surface area contributed by atoms with Crippen molar-refractivity contribution in [3.63, 3.8) is 0 Å². The normalized spacial score (nSPS) is 12.4. The summed E-state index contributed by atoms with van der Waals surface area (Å²) >= 11 is 0. The molecule has 0 aliphatic heterocycles. The molecule has 10 heteroatoms. The quantitative estimate of drug-likeness (QED) is 0.105. The Morgan fingerprint density at radius 2 is 1.69 bits per heavy atom. The van der Waals surface area contributed by atoms with Crippen molar-refractivity contribution < 1.29 is 33.7 Å². The van der Waals surface area contributed by atoms with E-state index in [1.165, 1.54) is 13.0 Å². The van der Waals surface area contributed by atoms with Gasteiger partial charge >= 0.3 is 6.09 Å². The minimum atomic E-state index is -0.886. The Morgan fingerprint density at radius 3 is 2.38 bits per heavy atom. The lowest BCUT2D eigenvalue weighted by atomic mass is 9.99. The van der Waals surface area contributed by atoms with Gasteiger partial charge in [0.25, 0.3) is 0 Å². The van der Waals surface area contributed by atoms with Crippen LogP contribution < -0.4 is 21.1 Å². The van der Waals surface area contributed by atoms with Crippen molar-refractivity contribution in [3.05, 3.63) is 96.1 Å². The van der Waals surface area contributed by atoms with E-state index in [4.69, 9.17) is 19.9 Å². The van der Waals surface area contributed by atoms with E-state index in [9.17, 15) is 19.5 Å². The third-order valence-corrected chi connectivity index (χ3v) is 6.17. The van der Waals surface area contributed by atoms with Gasteiger partial charge in [0.15, 0.2) is 11.9 Å². The number of nitrogens with one attached hydrogen (secondary N) is 2. The number of aliphatic hydroxyl groups is 1. The molecule has 0 spiro atoms. The monoisotopic (exact) mass is 575 g/mol. The molecule has 0 heterocycles. The maximum atomic E-state index is 13.1. The highest BCUT2D eigenvalue weighted by Gasteiger charge is 2.30. The number of para-hydroxylation sites is 3. The van der Waals surface area contributed by atoms with Crippen LogP contribution in [-0.4, -0.2) is 48.8 Å². The fourth-order valence-corrected chi connectivity index (χ4v) is 4.17. The Hall–Kier alpha value is -4.67. The van der Waals surface area contributed by atoms with Gasteiger partial charge in [-0.2, -0.15) is 0 Å². The SMILES string of the molecule is CCO[C@H](CC/C=C/C(=O)Nc1ccccc1N)[C@H](OC(=O)Nc1ccc(C(C)=O)cc1)c1ccccc1OCCO. The first-order valence-electron chi connectivity index (χ1n) is 13.7. The van der Waals surface area contributed by atoms with Crippen molar-refractivity contribution >= 4 is 34.8 Å². The zero-order chi connectivity index (χ0) is 30.3. The molecule has 2 atom stereocenters. The molecular weight excluding hydrogens is 538 g/mol. The predicted molar refractivity (Wildman–Crippen MR) is 162 cm³/mol. The summed E-state index contributed by atoms with van der Waals surface area (Å²) in [6.45, 7) is 3.51. The maximum absolute atomic E-state index is 13.1. The fourth-order valence-electron chi connectivity index (χ4n) is 4.17. The first-order chi connectivity index (χ1) is 20.3. The van der Waals surface area contributed by atoms with Crippen LogP contribution in [0.2, 0.25) is 0 Å². The Morgan fingerprint density at radius 1 is 0.976 bits per heavy atom. The molecule has 0 bridgehead atoms. The molecule has 0 unspecified atom stereocenters. The molecular formula is C32H37N3O7. The van der Waals surface area contributed by atoms with Crippen LogP contribution in [0.1, 0.15) is 48.7 Å². The topological polar surface area (TPSA) is 149 Å². The summed E-state index contributed by atoms with van der Waals surface area (Å²) < 4.78 is 17.7. The molecule has 0 saturated carbocycles. The molecule has 0 fully saturated rings. The molecule has 3 aromatic carbocycles. The summed E-state index contributed by atoms with van der Waals surface area (Å²) in [5.41, 5.74) is 8.42. The molecule has 2 amide bonds. The molecule has 0 aliphatic rings. The lowest BCUT2D eigenvalue weighted by Crippen LogP contribution is -2.29. The number of hydrogen-bond donors (Lipinski definition) is 4. The number of nitrogen functional groups attached to an aromatic ring is 1. The minimum absolute atomic E-state index is 0.0571. The number of ketones is 1. The van der Waals surface area contributed by atoms with Crippen molar-refractivity contribution in [2.75, 3.05) is 36.2 Å². The van der Waals surface area contributed by atoms with Gasteiger partial charge in [-0.05, 0) is 75.2 Å². The van der Waals surface area contributed by atoms with Gasteiger partial charge in [0.05, 0.1) is 24.1 Å². The number of rotatable bonds is 15. The molecule has 5 N–H and O–H groups in total. The van der Waals surface area contributed by atoms with Gasteiger partial charge in [-0.1, -0.05) is 36.4 Å². The molecule has 0 radical (unpaired) electrons. The van der Waals surface area contributed by atoms with Crippen LogP contribution in [0.4, 0.5) is 21.9 Å². The largest absolute Gasteiger partial charge is 0.491 e. The van der Waals surface area contributed by atoms with Crippen LogP contribution in [0, 0.1) is 0 Å². The molecule has 0 aromatic heterocycles. The van der Waals surface area contributed by atoms with Crippen molar-refractivity contribution in [1.82, 2.24) is 0 Å². The Bertz CT molecular complexity index is 1360. The van der Waals surface area contributed by atoms with Crippen LogP contribution in [0.25, 0.3) is 0 Å². The highest BCUT2D eigenvalue weighted by atomic mass is 16.6. The van der Waals surface area contributed by atoms with Gasteiger partial charge < -0.3 is 30.4 Å². The summed E-state index contributed by atoms with van der Waals surface area (Å²) in [5, 5.41) is 14.7. The summed E-state index contributed by atoms with van der Waals surface area (Å²) in [5.74, 6) is 0.0285. The fraction of sp³-hybridized carbons (Fsp3) is 0.281.